The van der Waals surface area contributed by atoms with Crippen LogP contribution in [0.1, 0.15) is 26.2 Å². The Labute approximate surface area is 117 Å². The number of nitrogens with one attached hydrogen (secondary N) is 1. The number of thioether (sulfide) groups is 1. The first-order valence-electron chi connectivity index (χ1n) is 6.46. The molecule has 1 aromatic carbocycles. The van der Waals surface area contributed by atoms with Gasteiger partial charge in [-0.2, -0.15) is 0 Å². The highest BCUT2D eigenvalue weighted by molar-refractivity contribution is 7.99. The maximum absolute atomic E-state index is 13.5. The highest BCUT2D eigenvalue weighted by Gasteiger charge is 2.36. The van der Waals surface area contributed by atoms with Crippen molar-refractivity contribution in [2.45, 2.75) is 42.7 Å². The van der Waals surface area contributed by atoms with Gasteiger partial charge in [0, 0.05) is 16.7 Å². The van der Waals surface area contributed by atoms with E-state index in [-0.39, 0.29) is 11.7 Å². The van der Waals surface area contributed by atoms with E-state index in [2.05, 4.69) is 5.32 Å². The number of rotatable bonds is 7. The summed E-state index contributed by atoms with van der Waals surface area (Å²) >= 11 is 1.42. The normalized spacial score (nSPS) is 18.0. The lowest BCUT2D eigenvalue weighted by Gasteiger charge is -2.27. The summed E-state index contributed by atoms with van der Waals surface area (Å²) in [5, 5.41) is 3.29. The van der Waals surface area contributed by atoms with Crippen LogP contribution in [-0.4, -0.2) is 23.2 Å². The predicted molar refractivity (Wildman–Crippen MR) is 75.5 cm³/mol. The average molecular weight is 282 g/mol. The van der Waals surface area contributed by atoms with E-state index in [4.69, 9.17) is 5.73 Å². The number of amides is 1. The molecule has 0 spiro atoms. The maximum atomic E-state index is 13.5. The standard InChI is InChI=1S/C14H19FN2OS/c1-14(13(16)18,17-10-6-7-10)8-9-19-12-5-3-2-4-11(12)15/h2-5,10,17H,6-9H2,1H3,(H2,16,18). The van der Waals surface area contributed by atoms with Crippen LogP contribution in [-0.2, 0) is 4.79 Å². The summed E-state index contributed by atoms with van der Waals surface area (Å²) in [5.74, 6) is 0.0945. The molecule has 1 aromatic rings. The fraction of sp³-hybridized carbons (Fsp3) is 0.500. The Morgan fingerprint density at radius 2 is 2.21 bits per heavy atom. The monoisotopic (exact) mass is 282 g/mol. The van der Waals surface area contributed by atoms with Crippen LogP contribution < -0.4 is 11.1 Å². The first-order valence-corrected chi connectivity index (χ1v) is 7.45. The summed E-state index contributed by atoms with van der Waals surface area (Å²) in [4.78, 5) is 12.2. The summed E-state index contributed by atoms with van der Waals surface area (Å²) in [6, 6.07) is 7.08. The van der Waals surface area contributed by atoms with Crippen molar-refractivity contribution >= 4 is 17.7 Å². The summed E-state index contributed by atoms with van der Waals surface area (Å²) in [6.45, 7) is 1.83. The molecule has 19 heavy (non-hydrogen) atoms. The molecule has 104 valence electrons. The molecule has 1 unspecified atom stereocenters. The molecule has 1 amide bonds. The summed E-state index contributed by atoms with van der Waals surface area (Å²) in [5.41, 5.74) is 4.78. The quantitative estimate of drug-likeness (QED) is 0.755. The largest absolute Gasteiger partial charge is 0.368 e. The van der Waals surface area contributed by atoms with Gasteiger partial charge in [-0.1, -0.05) is 12.1 Å². The molecule has 0 saturated heterocycles. The Kier molecular flexibility index (Phi) is 4.47. The van der Waals surface area contributed by atoms with Crippen molar-refractivity contribution in [1.82, 2.24) is 5.32 Å². The van der Waals surface area contributed by atoms with Crippen LogP contribution in [0.4, 0.5) is 4.39 Å². The minimum Gasteiger partial charge on any atom is -0.368 e. The lowest BCUT2D eigenvalue weighted by molar-refractivity contribution is -0.124. The smallest absolute Gasteiger partial charge is 0.237 e. The van der Waals surface area contributed by atoms with Gasteiger partial charge in [0.05, 0.1) is 5.54 Å². The molecule has 1 fully saturated rings. The van der Waals surface area contributed by atoms with E-state index in [1.165, 1.54) is 17.8 Å². The van der Waals surface area contributed by atoms with E-state index in [0.29, 0.717) is 23.1 Å². The third-order valence-corrected chi connectivity index (χ3v) is 4.39. The van der Waals surface area contributed by atoms with Gasteiger partial charge in [-0.05, 0) is 38.3 Å². The van der Waals surface area contributed by atoms with E-state index < -0.39 is 5.54 Å². The fourth-order valence-corrected chi connectivity index (χ4v) is 2.98. The Bertz CT molecular complexity index is 465. The van der Waals surface area contributed by atoms with Crippen LogP contribution in [0.2, 0.25) is 0 Å². The zero-order valence-electron chi connectivity index (χ0n) is 11.0. The Hall–Kier alpha value is -1.07. The number of hydrogen-bond donors (Lipinski definition) is 2. The highest BCUT2D eigenvalue weighted by atomic mass is 32.2. The van der Waals surface area contributed by atoms with E-state index in [1.807, 2.05) is 6.92 Å². The summed E-state index contributed by atoms with van der Waals surface area (Å²) < 4.78 is 13.5. The van der Waals surface area contributed by atoms with Crippen molar-refractivity contribution in [3.63, 3.8) is 0 Å². The fourth-order valence-electron chi connectivity index (χ4n) is 1.87. The molecule has 1 aliphatic rings. The zero-order chi connectivity index (χ0) is 13.9. The van der Waals surface area contributed by atoms with Crippen molar-refractivity contribution < 1.29 is 9.18 Å². The van der Waals surface area contributed by atoms with Gasteiger partial charge < -0.3 is 11.1 Å². The zero-order valence-corrected chi connectivity index (χ0v) is 11.8. The van der Waals surface area contributed by atoms with E-state index in [1.54, 1.807) is 18.2 Å². The van der Waals surface area contributed by atoms with Crippen molar-refractivity contribution in [2.75, 3.05) is 5.75 Å². The predicted octanol–water partition coefficient (Wildman–Crippen LogP) is 2.30. The van der Waals surface area contributed by atoms with E-state index >= 15 is 0 Å². The van der Waals surface area contributed by atoms with Crippen LogP contribution in [0.3, 0.4) is 0 Å². The number of nitrogens with two attached hydrogens (primary N) is 1. The summed E-state index contributed by atoms with van der Waals surface area (Å²) in [6.07, 6.45) is 2.80. The highest BCUT2D eigenvalue weighted by Crippen LogP contribution is 2.27. The van der Waals surface area contributed by atoms with Gasteiger partial charge in [0.2, 0.25) is 5.91 Å². The van der Waals surface area contributed by atoms with Crippen LogP contribution in [0, 0.1) is 5.82 Å². The van der Waals surface area contributed by atoms with E-state index in [9.17, 15) is 9.18 Å². The number of halogens is 1. The molecule has 1 aliphatic carbocycles. The molecule has 0 aromatic heterocycles. The van der Waals surface area contributed by atoms with Crippen LogP contribution in [0.5, 0.6) is 0 Å². The van der Waals surface area contributed by atoms with Crippen LogP contribution in [0.15, 0.2) is 29.2 Å². The molecule has 0 bridgehead atoms. The van der Waals surface area contributed by atoms with Gasteiger partial charge >= 0.3 is 0 Å². The Balaban J connectivity index is 1.88. The molecule has 2 rings (SSSR count). The first-order chi connectivity index (χ1) is 9.01. The molecule has 1 atom stereocenters. The minimum absolute atomic E-state index is 0.219. The molecular formula is C14H19FN2OS. The van der Waals surface area contributed by atoms with Gasteiger partial charge in [-0.15, -0.1) is 11.8 Å². The third-order valence-electron chi connectivity index (χ3n) is 3.34. The lowest BCUT2D eigenvalue weighted by atomic mass is 9.98. The number of hydrogen-bond acceptors (Lipinski definition) is 3. The van der Waals surface area contributed by atoms with Crippen molar-refractivity contribution in [3.8, 4) is 0 Å². The Morgan fingerprint density at radius 3 is 2.79 bits per heavy atom. The number of carbonyl (C=O) groups excluding carboxylic acids is 1. The van der Waals surface area contributed by atoms with Gasteiger partial charge in [0.15, 0.2) is 0 Å². The number of benzene rings is 1. The minimum atomic E-state index is -0.695. The second-order valence-electron chi connectivity index (χ2n) is 5.14. The van der Waals surface area contributed by atoms with Crippen molar-refractivity contribution in [1.29, 1.82) is 0 Å². The van der Waals surface area contributed by atoms with Gasteiger partial charge in [-0.3, -0.25) is 4.79 Å². The lowest BCUT2D eigenvalue weighted by Crippen LogP contribution is -2.54. The van der Waals surface area contributed by atoms with Crippen molar-refractivity contribution in [3.05, 3.63) is 30.1 Å². The molecule has 0 aliphatic heterocycles. The second kappa shape index (κ2) is 5.92. The number of primary amides is 1. The number of carbonyl (C=O) groups is 1. The van der Waals surface area contributed by atoms with Crippen LogP contribution in [0.25, 0.3) is 0 Å². The molecule has 5 heteroatoms. The van der Waals surface area contributed by atoms with Crippen molar-refractivity contribution in [2.24, 2.45) is 5.73 Å². The molecule has 0 radical (unpaired) electrons. The first kappa shape index (κ1) is 14.3. The van der Waals surface area contributed by atoms with E-state index in [0.717, 1.165) is 12.8 Å². The van der Waals surface area contributed by atoms with Gasteiger partial charge in [0.1, 0.15) is 5.82 Å². The molecule has 3 N–H and O–H groups in total. The SMILES string of the molecule is CC(CCSc1ccccc1F)(NC1CC1)C(N)=O. The Morgan fingerprint density at radius 1 is 1.53 bits per heavy atom. The maximum Gasteiger partial charge on any atom is 0.237 e. The van der Waals surface area contributed by atoms with Gasteiger partial charge in [-0.25, -0.2) is 4.39 Å². The molecule has 0 heterocycles. The van der Waals surface area contributed by atoms with Gasteiger partial charge in [0.25, 0.3) is 0 Å². The topological polar surface area (TPSA) is 55.1 Å². The molecular weight excluding hydrogens is 263 g/mol. The average Bonchev–Trinajstić information content (AvgIpc) is 3.15. The molecule has 3 nitrogen and oxygen atoms in total. The molecule has 1 saturated carbocycles. The third kappa shape index (κ3) is 3.94. The summed E-state index contributed by atoms with van der Waals surface area (Å²) in [7, 11) is 0. The van der Waals surface area contributed by atoms with Crippen LogP contribution >= 0.6 is 11.8 Å². The second-order valence-corrected chi connectivity index (χ2v) is 6.28.